The maximum atomic E-state index is 14.2. The molecule has 3 heterocycles. The zero-order chi connectivity index (χ0) is 18.1. The molecule has 4 rings (SSSR count). The molecule has 0 aromatic carbocycles. The number of amides is 1. The van der Waals surface area contributed by atoms with Gasteiger partial charge >= 0.3 is 0 Å². The van der Waals surface area contributed by atoms with Gasteiger partial charge in [-0.15, -0.1) is 21.5 Å². The number of pyridine rings is 1. The van der Waals surface area contributed by atoms with Gasteiger partial charge in [0.25, 0.3) is 5.91 Å². The molecule has 3 N–H and O–H groups in total. The average Bonchev–Trinajstić information content (AvgIpc) is 3.10. The lowest BCUT2D eigenvalue weighted by atomic mass is 9.74. The number of nitrogens with one attached hydrogen (secondary N) is 1. The van der Waals surface area contributed by atoms with Crippen LogP contribution in [-0.2, 0) is 5.54 Å². The normalized spacial score (nSPS) is 15.3. The highest BCUT2D eigenvalue weighted by atomic mass is 32.1. The fraction of sp³-hybridized carbons (Fsp3) is 0.235. The van der Waals surface area contributed by atoms with Crippen LogP contribution in [0.2, 0.25) is 0 Å². The molecule has 9 heteroatoms. The Morgan fingerprint density at radius 2 is 2.08 bits per heavy atom. The molecule has 7 nitrogen and oxygen atoms in total. The van der Waals surface area contributed by atoms with Crippen LogP contribution in [0.3, 0.4) is 0 Å². The summed E-state index contributed by atoms with van der Waals surface area (Å²) in [5, 5.41) is 12.2. The lowest BCUT2D eigenvalue weighted by Gasteiger charge is -2.42. The molecular formula is C17H15FN6OS. The molecule has 132 valence electrons. The van der Waals surface area contributed by atoms with Gasteiger partial charge in [-0.25, -0.2) is 9.37 Å². The Balaban J connectivity index is 1.57. The van der Waals surface area contributed by atoms with Crippen LogP contribution in [-0.4, -0.2) is 26.1 Å². The minimum absolute atomic E-state index is 0.328. The number of halogens is 1. The molecule has 1 fully saturated rings. The molecule has 0 atom stereocenters. The molecular weight excluding hydrogens is 355 g/mol. The van der Waals surface area contributed by atoms with Gasteiger partial charge in [-0.1, -0.05) is 0 Å². The summed E-state index contributed by atoms with van der Waals surface area (Å²) >= 11 is 1.16. The second-order valence-corrected chi connectivity index (χ2v) is 7.12. The smallest absolute Gasteiger partial charge is 0.260 e. The minimum Gasteiger partial charge on any atom is -0.365 e. The van der Waals surface area contributed by atoms with Gasteiger partial charge in [-0.05, 0) is 43.5 Å². The highest BCUT2D eigenvalue weighted by Gasteiger charge is 2.42. The quantitative estimate of drug-likeness (QED) is 0.715. The maximum Gasteiger partial charge on any atom is 0.260 e. The zero-order valence-corrected chi connectivity index (χ0v) is 14.5. The number of hydrogen-bond acceptors (Lipinski definition) is 7. The third-order valence-electron chi connectivity index (χ3n) is 4.42. The van der Waals surface area contributed by atoms with Gasteiger partial charge in [0, 0.05) is 6.20 Å². The van der Waals surface area contributed by atoms with Crippen molar-refractivity contribution in [3.63, 3.8) is 0 Å². The molecule has 0 spiro atoms. The van der Waals surface area contributed by atoms with E-state index in [1.807, 2.05) is 0 Å². The van der Waals surface area contributed by atoms with Crippen LogP contribution in [0.1, 0.15) is 34.6 Å². The van der Waals surface area contributed by atoms with Crippen molar-refractivity contribution >= 4 is 23.1 Å². The number of nitrogens with zero attached hydrogens (tertiary/aromatic N) is 4. The number of primary amides is 1. The first-order chi connectivity index (χ1) is 12.6. The number of rotatable bonds is 5. The molecule has 1 aliphatic rings. The highest BCUT2D eigenvalue weighted by molar-refractivity contribution is 7.16. The standard InChI is InChI=1S/C17H15FN6OS/c18-10-3-1-8-20-14(10)17(6-2-7-17)22-13-5-4-11(23-24-13)16-21-9-12(26-16)15(19)25/h1,3-5,8-9H,2,6-7H2,(H2,19,25)(H,22,24). The first-order valence-electron chi connectivity index (χ1n) is 8.06. The van der Waals surface area contributed by atoms with Crippen molar-refractivity contribution in [2.45, 2.75) is 24.8 Å². The number of carbonyl (C=O) groups excluding carboxylic acids is 1. The van der Waals surface area contributed by atoms with Crippen LogP contribution in [0.4, 0.5) is 10.2 Å². The van der Waals surface area contributed by atoms with E-state index in [0.29, 0.717) is 27.1 Å². The predicted molar refractivity (Wildman–Crippen MR) is 95.0 cm³/mol. The Hall–Kier alpha value is -2.94. The number of nitrogens with two attached hydrogens (primary N) is 1. The number of carbonyl (C=O) groups is 1. The van der Waals surface area contributed by atoms with Gasteiger partial charge < -0.3 is 11.1 Å². The van der Waals surface area contributed by atoms with Crippen molar-refractivity contribution < 1.29 is 9.18 Å². The topological polar surface area (TPSA) is 107 Å². The Labute approximate surface area is 152 Å². The van der Waals surface area contributed by atoms with Crippen molar-refractivity contribution in [1.29, 1.82) is 0 Å². The molecule has 1 saturated carbocycles. The maximum absolute atomic E-state index is 14.2. The van der Waals surface area contributed by atoms with Crippen LogP contribution in [0.5, 0.6) is 0 Å². The first kappa shape index (κ1) is 16.5. The third kappa shape index (κ3) is 2.90. The van der Waals surface area contributed by atoms with Gasteiger partial charge in [0.05, 0.1) is 11.7 Å². The lowest BCUT2D eigenvalue weighted by molar-refractivity contribution is 0.100. The van der Waals surface area contributed by atoms with E-state index in [1.165, 1.54) is 12.3 Å². The van der Waals surface area contributed by atoms with Crippen LogP contribution in [0.15, 0.2) is 36.7 Å². The summed E-state index contributed by atoms with van der Waals surface area (Å²) in [4.78, 5) is 19.9. The van der Waals surface area contributed by atoms with Crippen LogP contribution in [0, 0.1) is 5.82 Å². The van der Waals surface area contributed by atoms with Crippen molar-refractivity contribution in [3.05, 3.63) is 53.0 Å². The molecule has 0 bridgehead atoms. The first-order valence-corrected chi connectivity index (χ1v) is 8.88. The van der Waals surface area contributed by atoms with E-state index in [1.54, 1.807) is 24.4 Å². The Morgan fingerprint density at radius 3 is 2.65 bits per heavy atom. The van der Waals surface area contributed by atoms with Crippen LogP contribution < -0.4 is 11.1 Å². The largest absolute Gasteiger partial charge is 0.365 e. The molecule has 3 aromatic rings. The number of aromatic nitrogens is 4. The monoisotopic (exact) mass is 370 g/mol. The van der Waals surface area contributed by atoms with E-state index in [4.69, 9.17) is 5.73 Å². The van der Waals surface area contributed by atoms with Gasteiger partial charge in [0.15, 0.2) is 0 Å². The molecule has 26 heavy (non-hydrogen) atoms. The minimum atomic E-state index is -0.554. The summed E-state index contributed by atoms with van der Waals surface area (Å²) in [5.74, 6) is -0.319. The summed E-state index contributed by atoms with van der Waals surface area (Å²) in [6, 6.07) is 6.50. The molecule has 1 amide bonds. The number of hydrogen-bond donors (Lipinski definition) is 2. The van der Waals surface area contributed by atoms with Crippen LogP contribution in [0.25, 0.3) is 10.7 Å². The lowest BCUT2D eigenvalue weighted by Crippen LogP contribution is -2.43. The van der Waals surface area contributed by atoms with E-state index in [2.05, 4.69) is 25.5 Å². The molecule has 1 aliphatic carbocycles. The molecule has 0 unspecified atom stereocenters. The Bertz CT molecular complexity index is 954. The van der Waals surface area contributed by atoms with Crippen molar-refractivity contribution in [3.8, 4) is 10.7 Å². The summed E-state index contributed by atoms with van der Waals surface area (Å²) in [7, 11) is 0. The van der Waals surface area contributed by atoms with Crippen molar-refractivity contribution in [2.24, 2.45) is 5.73 Å². The second kappa shape index (κ2) is 6.41. The third-order valence-corrected chi connectivity index (χ3v) is 5.45. The summed E-state index contributed by atoms with van der Waals surface area (Å²) in [6.45, 7) is 0. The van der Waals surface area contributed by atoms with E-state index in [9.17, 15) is 9.18 Å². The Kier molecular flexibility index (Phi) is 4.08. The van der Waals surface area contributed by atoms with Gasteiger partial charge in [-0.2, -0.15) is 0 Å². The predicted octanol–water partition coefficient (Wildman–Crippen LogP) is 2.72. The molecule has 0 aliphatic heterocycles. The van der Waals surface area contributed by atoms with Crippen molar-refractivity contribution in [2.75, 3.05) is 5.32 Å². The summed E-state index contributed by atoms with van der Waals surface area (Å²) < 4.78 is 14.2. The molecule has 3 aromatic heterocycles. The summed E-state index contributed by atoms with van der Waals surface area (Å²) in [6.07, 6.45) is 5.55. The highest BCUT2D eigenvalue weighted by Crippen LogP contribution is 2.43. The van der Waals surface area contributed by atoms with Crippen molar-refractivity contribution in [1.82, 2.24) is 20.2 Å². The SMILES string of the molecule is NC(=O)c1cnc(-c2ccc(NC3(c4ncccc4F)CCC3)nn2)s1. The van der Waals surface area contributed by atoms with E-state index >= 15 is 0 Å². The zero-order valence-electron chi connectivity index (χ0n) is 13.6. The van der Waals surface area contributed by atoms with Gasteiger partial charge in [0.2, 0.25) is 0 Å². The second-order valence-electron chi connectivity index (χ2n) is 6.09. The van der Waals surface area contributed by atoms with Crippen LogP contribution >= 0.6 is 11.3 Å². The molecule has 0 radical (unpaired) electrons. The average molecular weight is 370 g/mol. The van der Waals surface area contributed by atoms with E-state index < -0.39 is 11.4 Å². The van der Waals surface area contributed by atoms with Gasteiger partial charge in [-0.3, -0.25) is 9.78 Å². The fourth-order valence-electron chi connectivity index (χ4n) is 2.95. The summed E-state index contributed by atoms with van der Waals surface area (Å²) in [5.41, 5.74) is 5.63. The molecule has 0 saturated heterocycles. The number of thiazole rings is 1. The van der Waals surface area contributed by atoms with E-state index in [0.717, 1.165) is 30.6 Å². The fourth-order valence-corrected chi connectivity index (χ4v) is 3.69. The van der Waals surface area contributed by atoms with E-state index in [-0.39, 0.29) is 5.82 Å². The number of anilines is 1. The van der Waals surface area contributed by atoms with Gasteiger partial charge in [0.1, 0.15) is 32.9 Å². The Morgan fingerprint density at radius 1 is 1.23 bits per heavy atom.